The third-order valence-corrected chi connectivity index (χ3v) is 4.58. The minimum atomic E-state index is 0.582. The molecular formula is C16H24N2O2. The molecule has 0 amide bonds. The van der Waals surface area contributed by atoms with Crippen molar-refractivity contribution in [1.29, 1.82) is 0 Å². The van der Waals surface area contributed by atoms with Gasteiger partial charge >= 0.3 is 0 Å². The summed E-state index contributed by atoms with van der Waals surface area (Å²) in [6, 6.07) is 7.28. The largest absolute Gasteiger partial charge is 0.497 e. The number of ether oxygens (including phenoxy) is 2. The Labute approximate surface area is 121 Å². The molecule has 1 aliphatic carbocycles. The van der Waals surface area contributed by atoms with E-state index in [0.717, 1.165) is 24.6 Å². The first-order valence-corrected chi connectivity index (χ1v) is 7.55. The molecule has 1 saturated carbocycles. The molecule has 3 rings (SSSR count). The first-order chi connectivity index (χ1) is 9.83. The summed E-state index contributed by atoms with van der Waals surface area (Å²) in [7, 11) is 3.46. The highest BCUT2D eigenvalue weighted by atomic mass is 16.5. The number of hydrogen-bond donors (Lipinski definition) is 1. The van der Waals surface area contributed by atoms with E-state index < -0.39 is 0 Å². The standard InChI is InChI=1S/C16H24N2O2/c1-19-12-7-8-16(20-2)15(11-12)18-10-9-17-13-5-3-4-6-14(13)18/h7-8,11,13-14,17H,3-6,9-10H2,1-2H3/t13-,14+/m1/s1. The van der Waals surface area contributed by atoms with Crippen LogP contribution in [0.15, 0.2) is 18.2 Å². The number of methoxy groups -OCH3 is 2. The van der Waals surface area contributed by atoms with E-state index in [-0.39, 0.29) is 0 Å². The first-order valence-electron chi connectivity index (χ1n) is 7.55. The zero-order chi connectivity index (χ0) is 13.9. The van der Waals surface area contributed by atoms with Gasteiger partial charge in [0, 0.05) is 31.2 Å². The average Bonchev–Trinajstić information content (AvgIpc) is 2.53. The van der Waals surface area contributed by atoms with E-state index in [2.05, 4.69) is 16.3 Å². The molecule has 1 aromatic rings. The molecule has 4 heteroatoms. The fourth-order valence-corrected chi connectivity index (χ4v) is 3.58. The minimum absolute atomic E-state index is 0.582. The summed E-state index contributed by atoms with van der Waals surface area (Å²) < 4.78 is 10.9. The predicted molar refractivity (Wildman–Crippen MR) is 80.9 cm³/mol. The molecule has 1 saturated heterocycles. The van der Waals surface area contributed by atoms with E-state index in [0.29, 0.717) is 12.1 Å². The van der Waals surface area contributed by atoms with Gasteiger partial charge in [-0.25, -0.2) is 0 Å². The van der Waals surface area contributed by atoms with Gasteiger partial charge in [0.15, 0.2) is 0 Å². The van der Waals surface area contributed by atoms with Crippen LogP contribution in [0.2, 0.25) is 0 Å². The predicted octanol–water partition coefficient (Wildman–Crippen LogP) is 2.42. The van der Waals surface area contributed by atoms with Gasteiger partial charge in [-0.1, -0.05) is 12.8 Å². The van der Waals surface area contributed by atoms with Crippen LogP contribution in [0.25, 0.3) is 0 Å². The van der Waals surface area contributed by atoms with Gasteiger partial charge in [0.2, 0.25) is 0 Å². The van der Waals surface area contributed by atoms with Gasteiger partial charge < -0.3 is 19.7 Å². The fraction of sp³-hybridized carbons (Fsp3) is 0.625. The Morgan fingerprint density at radius 1 is 1.15 bits per heavy atom. The maximum atomic E-state index is 5.56. The van der Waals surface area contributed by atoms with Crippen molar-refractivity contribution in [3.8, 4) is 11.5 Å². The fourth-order valence-electron chi connectivity index (χ4n) is 3.58. The molecule has 2 fully saturated rings. The van der Waals surface area contributed by atoms with Gasteiger partial charge in [0.1, 0.15) is 11.5 Å². The molecule has 0 bridgehead atoms. The van der Waals surface area contributed by atoms with Crippen LogP contribution in [0.1, 0.15) is 25.7 Å². The van der Waals surface area contributed by atoms with E-state index in [1.807, 2.05) is 12.1 Å². The zero-order valence-corrected chi connectivity index (χ0v) is 12.4. The topological polar surface area (TPSA) is 33.7 Å². The smallest absolute Gasteiger partial charge is 0.142 e. The van der Waals surface area contributed by atoms with E-state index >= 15 is 0 Å². The van der Waals surface area contributed by atoms with Crippen LogP contribution in [0.3, 0.4) is 0 Å². The van der Waals surface area contributed by atoms with E-state index in [1.165, 1.54) is 31.4 Å². The lowest BCUT2D eigenvalue weighted by atomic mass is 9.87. The van der Waals surface area contributed by atoms with Gasteiger partial charge in [0.05, 0.1) is 19.9 Å². The molecule has 0 spiro atoms. The molecule has 0 unspecified atom stereocenters. The van der Waals surface area contributed by atoms with Gasteiger partial charge in [-0.15, -0.1) is 0 Å². The number of hydrogen-bond acceptors (Lipinski definition) is 4. The van der Waals surface area contributed by atoms with Crippen molar-refractivity contribution in [3.63, 3.8) is 0 Å². The molecule has 0 aromatic heterocycles. The van der Waals surface area contributed by atoms with E-state index in [1.54, 1.807) is 14.2 Å². The Morgan fingerprint density at radius 3 is 2.80 bits per heavy atom. The van der Waals surface area contributed by atoms with Crippen LogP contribution in [0.5, 0.6) is 11.5 Å². The third-order valence-electron chi connectivity index (χ3n) is 4.58. The summed E-state index contributed by atoms with van der Waals surface area (Å²) >= 11 is 0. The molecule has 20 heavy (non-hydrogen) atoms. The summed E-state index contributed by atoms with van der Waals surface area (Å²) in [5.41, 5.74) is 1.17. The molecule has 1 N–H and O–H groups in total. The van der Waals surface area contributed by atoms with Gasteiger partial charge in [-0.2, -0.15) is 0 Å². The van der Waals surface area contributed by atoms with Gasteiger partial charge in [0.25, 0.3) is 0 Å². The molecule has 1 heterocycles. The highest BCUT2D eigenvalue weighted by molar-refractivity contribution is 5.62. The second-order valence-electron chi connectivity index (χ2n) is 5.64. The highest BCUT2D eigenvalue weighted by Gasteiger charge is 2.34. The van der Waals surface area contributed by atoms with Crippen LogP contribution >= 0.6 is 0 Å². The van der Waals surface area contributed by atoms with Crippen molar-refractivity contribution in [2.45, 2.75) is 37.8 Å². The molecule has 0 radical (unpaired) electrons. The minimum Gasteiger partial charge on any atom is -0.497 e. The number of rotatable bonds is 3. The van der Waals surface area contributed by atoms with Crippen molar-refractivity contribution in [2.24, 2.45) is 0 Å². The van der Waals surface area contributed by atoms with Crippen LogP contribution in [0.4, 0.5) is 5.69 Å². The number of piperazine rings is 1. The lowest BCUT2D eigenvalue weighted by Crippen LogP contribution is -2.59. The number of benzene rings is 1. The third kappa shape index (κ3) is 2.44. The summed E-state index contributed by atoms with van der Waals surface area (Å²) in [5.74, 6) is 1.84. The van der Waals surface area contributed by atoms with E-state index in [9.17, 15) is 0 Å². The Balaban J connectivity index is 1.93. The number of nitrogens with zero attached hydrogens (tertiary/aromatic N) is 1. The molecule has 1 aromatic carbocycles. The lowest BCUT2D eigenvalue weighted by molar-refractivity contribution is 0.282. The molecule has 4 nitrogen and oxygen atoms in total. The molecule has 110 valence electrons. The van der Waals surface area contributed by atoms with Crippen LogP contribution in [-0.4, -0.2) is 39.4 Å². The number of fused-ring (bicyclic) bond motifs is 1. The lowest BCUT2D eigenvalue weighted by Gasteiger charge is -2.46. The molecule has 2 atom stereocenters. The average molecular weight is 276 g/mol. The number of nitrogens with one attached hydrogen (secondary N) is 1. The van der Waals surface area contributed by atoms with Crippen molar-refractivity contribution >= 4 is 5.69 Å². The Hall–Kier alpha value is -1.42. The second kappa shape index (κ2) is 5.92. The van der Waals surface area contributed by atoms with Crippen LogP contribution in [-0.2, 0) is 0 Å². The maximum absolute atomic E-state index is 5.56. The van der Waals surface area contributed by atoms with Crippen LogP contribution < -0.4 is 19.7 Å². The van der Waals surface area contributed by atoms with Crippen molar-refractivity contribution in [3.05, 3.63) is 18.2 Å². The molecule has 1 aliphatic heterocycles. The summed E-state index contributed by atoms with van der Waals surface area (Å²) in [6.45, 7) is 2.08. The van der Waals surface area contributed by atoms with Crippen LogP contribution in [0, 0.1) is 0 Å². The van der Waals surface area contributed by atoms with E-state index in [4.69, 9.17) is 9.47 Å². The van der Waals surface area contributed by atoms with Gasteiger partial charge in [-0.05, 0) is 25.0 Å². The normalized spacial score (nSPS) is 26.0. The summed E-state index contributed by atoms with van der Waals surface area (Å²) in [5, 5.41) is 3.67. The SMILES string of the molecule is COc1ccc(OC)c(N2CCN[C@@H]3CCCC[C@@H]32)c1. The number of anilines is 1. The van der Waals surface area contributed by atoms with Crippen molar-refractivity contribution in [1.82, 2.24) is 5.32 Å². The Morgan fingerprint density at radius 2 is 2.00 bits per heavy atom. The van der Waals surface area contributed by atoms with Gasteiger partial charge in [-0.3, -0.25) is 0 Å². The monoisotopic (exact) mass is 276 g/mol. The Bertz CT molecular complexity index is 462. The summed E-state index contributed by atoms with van der Waals surface area (Å²) in [6.07, 6.45) is 5.22. The molecule has 2 aliphatic rings. The maximum Gasteiger partial charge on any atom is 0.142 e. The summed E-state index contributed by atoms with van der Waals surface area (Å²) in [4.78, 5) is 2.52. The van der Waals surface area contributed by atoms with Crippen molar-refractivity contribution in [2.75, 3.05) is 32.2 Å². The Kier molecular flexibility index (Phi) is 4.01. The zero-order valence-electron chi connectivity index (χ0n) is 12.4. The van der Waals surface area contributed by atoms with Crippen molar-refractivity contribution < 1.29 is 9.47 Å². The quantitative estimate of drug-likeness (QED) is 0.919. The molecular weight excluding hydrogens is 252 g/mol. The second-order valence-corrected chi connectivity index (χ2v) is 5.64. The first kappa shape index (κ1) is 13.6. The highest BCUT2D eigenvalue weighted by Crippen LogP contribution is 2.37.